The molecule has 0 fully saturated rings. The summed E-state index contributed by atoms with van der Waals surface area (Å²) in [5, 5.41) is 19.4. The Morgan fingerprint density at radius 3 is 2.13 bits per heavy atom. The molecule has 118 valence electrons. The zero-order valence-corrected chi connectivity index (χ0v) is 11.5. The summed E-state index contributed by atoms with van der Waals surface area (Å²) in [6.45, 7) is 0. The van der Waals surface area contributed by atoms with Crippen molar-refractivity contribution in [2.45, 2.75) is 6.18 Å². The summed E-state index contributed by atoms with van der Waals surface area (Å²) in [4.78, 5) is 11.0. The average Bonchev–Trinajstić information content (AvgIpc) is 2.83. The second kappa shape index (κ2) is 5.05. The van der Waals surface area contributed by atoms with Crippen LogP contribution in [0.25, 0.3) is 22.0 Å². The summed E-state index contributed by atoms with van der Waals surface area (Å²) in [7, 11) is 0. The number of carboxylic acids is 1. The van der Waals surface area contributed by atoms with Crippen molar-refractivity contribution in [1.29, 1.82) is 0 Å². The molecule has 0 bridgehead atoms. The summed E-state index contributed by atoms with van der Waals surface area (Å²) < 4.78 is 38.3. The van der Waals surface area contributed by atoms with Crippen LogP contribution in [0.1, 0.15) is 16.1 Å². The van der Waals surface area contributed by atoms with Gasteiger partial charge in [0, 0.05) is 5.39 Å². The highest BCUT2D eigenvalue weighted by Crippen LogP contribution is 2.32. The average molecular weight is 321 g/mol. The van der Waals surface area contributed by atoms with Crippen molar-refractivity contribution in [2.24, 2.45) is 0 Å². The number of carboxylic acid groups (broad SMARTS) is 1. The lowest BCUT2D eigenvalue weighted by Gasteiger charge is -2.08. The minimum absolute atomic E-state index is 0.264. The zero-order valence-electron chi connectivity index (χ0n) is 11.5. The number of aromatic nitrogens is 1. The fourth-order valence-electron chi connectivity index (χ4n) is 2.37. The standard InChI is InChI=1S/C16H10F3NO3/c17-16(18,19)12-5-3-9(4-6-12)10-1-2-11-8-14(15(21)22)20(23)13(11)7-10/h1-8,23H,(H,21,22). The van der Waals surface area contributed by atoms with E-state index in [4.69, 9.17) is 5.11 Å². The number of hydrogen-bond donors (Lipinski definition) is 2. The van der Waals surface area contributed by atoms with Crippen LogP contribution in [-0.4, -0.2) is 21.0 Å². The molecule has 0 atom stereocenters. The van der Waals surface area contributed by atoms with E-state index in [1.165, 1.54) is 24.3 Å². The SMILES string of the molecule is O=C(O)c1cc2ccc(-c3ccc(C(F)(F)F)cc3)cc2n1O. The molecule has 3 aromatic rings. The number of benzene rings is 2. The van der Waals surface area contributed by atoms with Crippen LogP contribution in [0.2, 0.25) is 0 Å². The Balaban J connectivity index is 2.07. The molecular formula is C16H10F3NO3. The van der Waals surface area contributed by atoms with Crippen molar-refractivity contribution in [3.63, 3.8) is 0 Å². The molecule has 1 heterocycles. The van der Waals surface area contributed by atoms with Crippen LogP contribution in [0.15, 0.2) is 48.5 Å². The maximum atomic E-state index is 12.6. The Bertz CT molecular complexity index is 895. The van der Waals surface area contributed by atoms with E-state index in [9.17, 15) is 23.2 Å². The number of rotatable bonds is 2. The predicted molar refractivity (Wildman–Crippen MR) is 76.5 cm³/mol. The molecule has 0 spiro atoms. The van der Waals surface area contributed by atoms with Crippen LogP contribution in [0, 0.1) is 0 Å². The molecule has 0 saturated carbocycles. The van der Waals surface area contributed by atoms with Gasteiger partial charge in [0.2, 0.25) is 0 Å². The van der Waals surface area contributed by atoms with Gasteiger partial charge in [-0.1, -0.05) is 24.3 Å². The summed E-state index contributed by atoms with van der Waals surface area (Å²) in [5.74, 6) is -1.28. The lowest BCUT2D eigenvalue weighted by Crippen LogP contribution is -2.04. The van der Waals surface area contributed by atoms with Crippen molar-refractivity contribution < 1.29 is 28.3 Å². The van der Waals surface area contributed by atoms with Gasteiger partial charge in [-0.15, -0.1) is 0 Å². The topological polar surface area (TPSA) is 62.5 Å². The third kappa shape index (κ3) is 2.61. The highest BCUT2D eigenvalue weighted by atomic mass is 19.4. The molecule has 0 radical (unpaired) electrons. The first-order valence-corrected chi connectivity index (χ1v) is 6.53. The Kier molecular flexibility index (Phi) is 3.28. The lowest BCUT2D eigenvalue weighted by molar-refractivity contribution is -0.137. The van der Waals surface area contributed by atoms with Crippen LogP contribution < -0.4 is 0 Å². The van der Waals surface area contributed by atoms with Gasteiger partial charge in [0.15, 0.2) is 5.69 Å². The van der Waals surface area contributed by atoms with Crippen molar-refractivity contribution in [1.82, 2.24) is 4.73 Å². The van der Waals surface area contributed by atoms with E-state index in [2.05, 4.69) is 0 Å². The monoisotopic (exact) mass is 321 g/mol. The van der Waals surface area contributed by atoms with E-state index in [-0.39, 0.29) is 11.2 Å². The van der Waals surface area contributed by atoms with Gasteiger partial charge in [0.1, 0.15) is 0 Å². The quantitative estimate of drug-likeness (QED) is 0.693. The van der Waals surface area contributed by atoms with Gasteiger partial charge in [-0.2, -0.15) is 17.9 Å². The number of carbonyl (C=O) groups is 1. The van der Waals surface area contributed by atoms with E-state index >= 15 is 0 Å². The van der Waals surface area contributed by atoms with Crippen molar-refractivity contribution in [3.8, 4) is 11.1 Å². The van der Waals surface area contributed by atoms with E-state index < -0.39 is 17.7 Å². The maximum absolute atomic E-state index is 12.6. The highest BCUT2D eigenvalue weighted by Gasteiger charge is 2.30. The third-order valence-corrected chi connectivity index (χ3v) is 3.54. The third-order valence-electron chi connectivity index (χ3n) is 3.54. The van der Waals surface area contributed by atoms with Gasteiger partial charge in [-0.25, -0.2) is 4.79 Å². The van der Waals surface area contributed by atoms with Gasteiger partial charge < -0.3 is 10.3 Å². The van der Waals surface area contributed by atoms with Gasteiger partial charge >= 0.3 is 12.1 Å². The van der Waals surface area contributed by atoms with E-state index in [1.54, 1.807) is 12.1 Å². The van der Waals surface area contributed by atoms with Crippen LogP contribution in [0.5, 0.6) is 0 Å². The molecule has 0 aliphatic heterocycles. The molecule has 0 aliphatic carbocycles. The van der Waals surface area contributed by atoms with Crippen molar-refractivity contribution in [3.05, 3.63) is 59.8 Å². The van der Waals surface area contributed by atoms with Gasteiger partial charge in [0.25, 0.3) is 0 Å². The number of alkyl halides is 3. The number of fused-ring (bicyclic) bond motifs is 1. The molecular weight excluding hydrogens is 311 g/mol. The fourth-order valence-corrected chi connectivity index (χ4v) is 2.37. The van der Waals surface area contributed by atoms with Crippen LogP contribution >= 0.6 is 0 Å². The lowest BCUT2D eigenvalue weighted by atomic mass is 10.0. The molecule has 4 nitrogen and oxygen atoms in total. The fraction of sp³-hybridized carbons (Fsp3) is 0.0625. The molecule has 0 unspecified atom stereocenters. The second-order valence-electron chi connectivity index (χ2n) is 5.00. The molecule has 7 heteroatoms. The molecule has 23 heavy (non-hydrogen) atoms. The first-order valence-electron chi connectivity index (χ1n) is 6.53. The Morgan fingerprint density at radius 2 is 1.57 bits per heavy atom. The number of nitrogens with zero attached hydrogens (tertiary/aromatic N) is 1. The Hall–Kier alpha value is -2.96. The minimum Gasteiger partial charge on any atom is -0.476 e. The minimum atomic E-state index is -4.40. The summed E-state index contributed by atoms with van der Waals surface area (Å²) >= 11 is 0. The van der Waals surface area contributed by atoms with E-state index in [0.717, 1.165) is 12.1 Å². The molecule has 2 N–H and O–H groups in total. The molecule has 3 rings (SSSR count). The second-order valence-corrected chi connectivity index (χ2v) is 5.00. The largest absolute Gasteiger partial charge is 0.476 e. The molecule has 0 aliphatic rings. The molecule has 0 amide bonds. The summed E-state index contributed by atoms with van der Waals surface area (Å²) in [6, 6.07) is 10.7. The molecule has 2 aromatic carbocycles. The predicted octanol–water partition coefficient (Wildman–Crippen LogP) is 4.26. The molecule has 1 aromatic heterocycles. The van der Waals surface area contributed by atoms with Gasteiger partial charge in [-0.3, -0.25) is 0 Å². The number of halogens is 3. The molecule has 0 saturated heterocycles. The zero-order chi connectivity index (χ0) is 16.8. The van der Waals surface area contributed by atoms with Crippen molar-refractivity contribution >= 4 is 16.9 Å². The maximum Gasteiger partial charge on any atom is 0.416 e. The van der Waals surface area contributed by atoms with Crippen molar-refractivity contribution in [2.75, 3.05) is 0 Å². The Labute approximate surface area is 128 Å². The number of aromatic carboxylic acids is 1. The van der Waals surface area contributed by atoms with Gasteiger partial charge in [0.05, 0.1) is 11.1 Å². The van der Waals surface area contributed by atoms with Crippen LogP contribution in [-0.2, 0) is 6.18 Å². The summed E-state index contributed by atoms with van der Waals surface area (Å²) in [6.07, 6.45) is -4.40. The van der Waals surface area contributed by atoms with E-state index in [1.807, 2.05) is 0 Å². The van der Waals surface area contributed by atoms with Gasteiger partial charge in [-0.05, 0) is 35.4 Å². The first-order chi connectivity index (χ1) is 10.8. The van der Waals surface area contributed by atoms with Crippen LogP contribution in [0.3, 0.4) is 0 Å². The Morgan fingerprint density at radius 1 is 0.957 bits per heavy atom. The van der Waals surface area contributed by atoms with E-state index in [0.29, 0.717) is 21.2 Å². The normalized spacial score (nSPS) is 11.8. The highest BCUT2D eigenvalue weighted by molar-refractivity contribution is 5.95. The first kappa shape index (κ1) is 15.0. The van der Waals surface area contributed by atoms with Crippen LogP contribution in [0.4, 0.5) is 13.2 Å². The summed E-state index contributed by atoms with van der Waals surface area (Å²) in [5.41, 5.74) is 0.319. The smallest absolute Gasteiger partial charge is 0.416 e. The number of hydrogen-bond acceptors (Lipinski definition) is 2.